The fourth-order valence-electron chi connectivity index (χ4n) is 2.98. The van der Waals surface area contributed by atoms with E-state index in [1.807, 2.05) is 0 Å². The molecule has 192 valence electrons. The van der Waals surface area contributed by atoms with Crippen LogP contribution in [0.15, 0.2) is 0 Å². The number of carbonyl (C=O) groups excluding carboxylic acids is 2. The molecule has 0 rings (SSSR count). The molecule has 0 bridgehead atoms. The molecule has 0 amide bonds. The minimum Gasteiger partial charge on any atom is -0.550 e. The first-order valence-corrected chi connectivity index (χ1v) is 12.9. The van der Waals surface area contributed by atoms with Crippen molar-refractivity contribution >= 4 is 17.9 Å². The van der Waals surface area contributed by atoms with Crippen LogP contribution in [0.3, 0.4) is 0 Å². The molecular weight excluding hydrogens is 454 g/mol. The topological polar surface area (TPSA) is 118 Å². The van der Waals surface area contributed by atoms with Crippen molar-refractivity contribution in [1.82, 2.24) is 0 Å². The maximum absolute atomic E-state index is 10.1. The molecule has 0 saturated carbocycles. The van der Waals surface area contributed by atoms with Crippen LogP contribution in [0, 0.1) is 0 Å². The summed E-state index contributed by atoms with van der Waals surface area (Å²) < 4.78 is 0. The Morgan fingerprint density at radius 1 is 0.471 bits per heavy atom. The molecule has 6 nitrogen and oxygen atoms in total. The molecule has 0 aliphatic rings. The van der Waals surface area contributed by atoms with Gasteiger partial charge in [0.15, 0.2) is 0 Å². The maximum Gasteiger partial charge on any atom is 1.00 e. The molecule has 0 saturated heterocycles. The third kappa shape index (κ3) is 58.3. The summed E-state index contributed by atoms with van der Waals surface area (Å²) in [6.45, 7) is 6.47. The monoisotopic (exact) mass is 504 g/mol. The fraction of sp³-hybridized carbons (Fsp3) is 0.885. The molecule has 0 aromatic heterocycles. The van der Waals surface area contributed by atoms with E-state index in [-0.39, 0.29) is 72.0 Å². The summed E-state index contributed by atoms with van der Waals surface area (Å²) in [7, 11) is 0. The summed E-state index contributed by atoms with van der Waals surface area (Å²) in [5, 5.41) is 28.2. The van der Waals surface area contributed by atoms with Gasteiger partial charge in [0.05, 0.1) is 0 Å². The minimum atomic E-state index is -0.920. The van der Waals surface area contributed by atoms with Crippen LogP contribution >= 0.6 is 0 Å². The van der Waals surface area contributed by atoms with Gasteiger partial charge in [-0.25, -0.2) is 0 Å². The Hall–Kier alpha value is 0.410. The summed E-state index contributed by atoms with van der Waals surface area (Å²) in [5.74, 6) is -2.50. The zero-order valence-electron chi connectivity index (χ0n) is 23.1. The summed E-state index contributed by atoms with van der Waals surface area (Å²) in [5.41, 5.74) is 0. The number of rotatable bonds is 20. The van der Waals surface area contributed by atoms with Crippen LogP contribution in [0.1, 0.15) is 149 Å². The van der Waals surface area contributed by atoms with E-state index in [4.69, 9.17) is 5.11 Å². The molecule has 0 atom stereocenters. The van der Waals surface area contributed by atoms with E-state index in [0.717, 1.165) is 51.4 Å². The van der Waals surface area contributed by atoms with Crippen LogP contribution < -0.4 is 69.3 Å². The van der Waals surface area contributed by atoms with Gasteiger partial charge in [-0.05, 0) is 32.1 Å². The summed E-state index contributed by atoms with van der Waals surface area (Å²) >= 11 is 0. The van der Waals surface area contributed by atoms with Crippen LogP contribution in [0.4, 0.5) is 0 Å². The Morgan fingerprint density at radius 3 is 0.941 bits per heavy atom. The predicted molar refractivity (Wildman–Crippen MR) is 127 cm³/mol. The number of carbonyl (C=O) groups is 3. The van der Waals surface area contributed by atoms with E-state index in [1.165, 1.54) is 57.8 Å². The molecule has 0 spiro atoms. The standard InChI is InChI=1S/C10H20O2.2C8H16O2.2Na/c1-2-3-4-5-6-7-8-9-10(11)12;2*1-2-3-4-5-6-7-8(9)10;;/h2-9H2,1H3,(H,11,12);2*2-7H2,1H3,(H,9,10);;/q;;;2*+1/p-2. The van der Waals surface area contributed by atoms with E-state index >= 15 is 0 Å². The van der Waals surface area contributed by atoms with Gasteiger partial charge in [-0.3, -0.25) is 4.79 Å². The molecule has 0 fully saturated rings. The molecule has 0 heterocycles. The zero-order valence-corrected chi connectivity index (χ0v) is 27.1. The van der Waals surface area contributed by atoms with Gasteiger partial charge in [-0.1, -0.05) is 111 Å². The van der Waals surface area contributed by atoms with Crippen molar-refractivity contribution in [3.63, 3.8) is 0 Å². The molecule has 0 radical (unpaired) electrons. The van der Waals surface area contributed by atoms with Gasteiger partial charge in [0, 0.05) is 18.4 Å². The first-order valence-electron chi connectivity index (χ1n) is 12.9. The first-order chi connectivity index (χ1) is 15.3. The van der Waals surface area contributed by atoms with Crippen LogP contribution in [-0.2, 0) is 14.4 Å². The number of aliphatic carboxylic acids is 3. The smallest absolute Gasteiger partial charge is 0.550 e. The maximum atomic E-state index is 10.1. The summed E-state index contributed by atoms with van der Waals surface area (Å²) in [6, 6.07) is 0. The van der Waals surface area contributed by atoms with E-state index in [9.17, 15) is 24.6 Å². The first kappa shape index (κ1) is 44.4. The largest absolute Gasteiger partial charge is 1.00 e. The van der Waals surface area contributed by atoms with Gasteiger partial charge in [-0.15, -0.1) is 0 Å². The SMILES string of the molecule is CCCCCCCC(=O)[O-].CCCCCCCC(=O)[O-].CCCCCCCCCC(=O)O.[Na+].[Na+]. The Labute approximate surface area is 254 Å². The second-order valence-corrected chi connectivity index (χ2v) is 8.34. The average Bonchev–Trinajstić information content (AvgIpc) is 2.73. The predicted octanol–water partition coefficient (Wildman–Crippen LogP) is -0.587. The second kappa shape index (κ2) is 40.6. The zero-order chi connectivity index (χ0) is 24.9. The van der Waals surface area contributed by atoms with Crippen LogP contribution in [0.5, 0.6) is 0 Å². The third-order valence-electron chi connectivity index (χ3n) is 4.96. The molecule has 1 N–H and O–H groups in total. The number of unbranched alkanes of at least 4 members (excludes halogenated alkanes) is 14. The number of carboxylic acid groups (broad SMARTS) is 3. The van der Waals surface area contributed by atoms with E-state index < -0.39 is 17.9 Å². The van der Waals surface area contributed by atoms with Gasteiger partial charge >= 0.3 is 65.1 Å². The quantitative estimate of drug-likeness (QED) is 0.175. The number of hydrogen-bond donors (Lipinski definition) is 1. The van der Waals surface area contributed by atoms with Gasteiger partial charge in [0.25, 0.3) is 0 Å². The Balaban J connectivity index is -0.000000121. The third-order valence-corrected chi connectivity index (χ3v) is 4.96. The van der Waals surface area contributed by atoms with Gasteiger partial charge in [-0.2, -0.15) is 0 Å². The van der Waals surface area contributed by atoms with Crippen LogP contribution in [-0.4, -0.2) is 23.0 Å². The van der Waals surface area contributed by atoms with Gasteiger partial charge in [0.1, 0.15) is 0 Å². The number of hydrogen-bond acceptors (Lipinski definition) is 5. The van der Waals surface area contributed by atoms with Crippen molar-refractivity contribution in [3.8, 4) is 0 Å². The van der Waals surface area contributed by atoms with Crippen LogP contribution in [0.25, 0.3) is 0 Å². The normalized spacial score (nSPS) is 9.26. The van der Waals surface area contributed by atoms with E-state index in [1.54, 1.807) is 0 Å². The molecule has 8 heteroatoms. The van der Waals surface area contributed by atoms with Crippen molar-refractivity contribution in [2.45, 2.75) is 149 Å². The van der Waals surface area contributed by atoms with Crippen molar-refractivity contribution in [3.05, 3.63) is 0 Å². The molecule has 0 aromatic carbocycles. The van der Waals surface area contributed by atoms with Gasteiger partial charge < -0.3 is 24.9 Å². The average molecular weight is 505 g/mol. The van der Waals surface area contributed by atoms with Crippen molar-refractivity contribution in [1.29, 1.82) is 0 Å². The molecule has 0 aliphatic heterocycles. The molecule has 0 aliphatic carbocycles. The van der Waals surface area contributed by atoms with Crippen molar-refractivity contribution in [2.75, 3.05) is 0 Å². The molecule has 34 heavy (non-hydrogen) atoms. The van der Waals surface area contributed by atoms with E-state index in [2.05, 4.69) is 20.8 Å². The minimum absolute atomic E-state index is 0. The molecular formula is C26H50Na2O6. The van der Waals surface area contributed by atoms with E-state index in [0.29, 0.717) is 6.42 Å². The van der Waals surface area contributed by atoms with Crippen molar-refractivity contribution < 1.29 is 88.8 Å². The Bertz CT molecular complexity index is 396. The summed E-state index contributed by atoms with van der Waals surface area (Å²) in [6.07, 6.45) is 19.9. The van der Waals surface area contributed by atoms with Gasteiger partial charge in [0.2, 0.25) is 0 Å². The fourth-order valence-corrected chi connectivity index (χ4v) is 2.98. The van der Waals surface area contributed by atoms with Crippen molar-refractivity contribution in [2.24, 2.45) is 0 Å². The molecule has 0 aromatic rings. The second-order valence-electron chi connectivity index (χ2n) is 8.34. The summed E-state index contributed by atoms with van der Waals surface area (Å²) in [4.78, 5) is 30.0. The van der Waals surface area contributed by atoms with Crippen LogP contribution in [0.2, 0.25) is 0 Å². The number of carboxylic acids is 3. The Kier molecular flexibility index (Phi) is 53.0. The molecule has 0 unspecified atom stereocenters. The Morgan fingerprint density at radius 2 is 0.706 bits per heavy atom.